The Morgan fingerprint density at radius 1 is 0.971 bits per heavy atom. The third kappa shape index (κ3) is 3.83. The second-order valence-corrected chi connectivity index (χ2v) is 8.84. The molecule has 4 aromatic rings. The van der Waals surface area contributed by atoms with Gasteiger partial charge in [-0.2, -0.15) is 0 Å². The van der Waals surface area contributed by atoms with Crippen molar-refractivity contribution in [1.29, 1.82) is 0 Å². The molecule has 5 rings (SSSR count). The Bertz CT molecular complexity index is 1470. The third-order valence-electron chi connectivity index (χ3n) is 6.57. The summed E-state index contributed by atoms with van der Waals surface area (Å²) in [5.74, 6) is 1.01. The highest BCUT2D eigenvalue weighted by atomic mass is 16.5. The quantitative estimate of drug-likeness (QED) is 0.412. The van der Waals surface area contributed by atoms with Crippen molar-refractivity contribution in [3.05, 3.63) is 77.4 Å². The molecular weight excluding hydrogens is 440 g/mol. The van der Waals surface area contributed by atoms with Gasteiger partial charge in [-0.15, -0.1) is 0 Å². The van der Waals surface area contributed by atoms with Crippen molar-refractivity contribution in [3.63, 3.8) is 0 Å². The number of anilines is 1. The second kappa shape index (κ2) is 8.91. The lowest BCUT2D eigenvalue weighted by Gasteiger charge is -2.33. The van der Waals surface area contributed by atoms with E-state index in [0.717, 1.165) is 33.4 Å². The summed E-state index contributed by atoms with van der Waals surface area (Å²) < 4.78 is 13.4. The molecule has 0 fully saturated rings. The Hall–Kier alpha value is -4.13. The number of carbonyl (C=O) groups excluding carboxylic acids is 1. The Morgan fingerprint density at radius 3 is 2.51 bits per heavy atom. The minimum Gasteiger partial charge on any atom is -0.493 e. The zero-order valence-electron chi connectivity index (χ0n) is 20.5. The number of methoxy groups -OCH3 is 2. The van der Waals surface area contributed by atoms with Crippen molar-refractivity contribution in [1.82, 2.24) is 9.55 Å². The molecule has 0 saturated heterocycles. The summed E-state index contributed by atoms with van der Waals surface area (Å²) in [6, 6.07) is 19.2. The van der Waals surface area contributed by atoms with Crippen LogP contribution in [0, 0.1) is 19.8 Å². The number of aromatic nitrogens is 2. The van der Waals surface area contributed by atoms with Crippen LogP contribution in [0.3, 0.4) is 0 Å². The molecule has 2 unspecified atom stereocenters. The van der Waals surface area contributed by atoms with E-state index in [9.17, 15) is 4.79 Å². The fourth-order valence-electron chi connectivity index (χ4n) is 4.95. The maximum Gasteiger partial charge on any atom is 0.235 e. The van der Waals surface area contributed by atoms with Crippen LogP contribution in [0.1, 0.15) is 29.7 Å². The highest BCUT2D eigenvalue weighted by Gasteiger charge is 2.41. The molecule has 0 radical (unpaired) electrons. The number of benzene rings is 3. The summed E-state index contributed by atoms with van der Waals surface area (Å²) >= 11 is 0. The van der Waals surface area contributed by atoms with Gasteiger partial charge in [0.15, 0.2) is 11.5 Å². The molecule has 7 nitrogen and oxygen atoms in total. The van der Waals surface area contributed by atoms with Gasteiger partial charge in [-0.05, 0) is 50.6 Å². The molecule has 35 heavy (non-hydrogen) atoms. The van der Waals surface area contributed by atoms with E-state index in [1.54, 1.807) is 14.2 Å². The second-order valence-electron chi connectivity index (χ2n) is 8.84. The van der Waals surface area contributed by atoms with Gasteiger partial charge in [-0.25, -0.2) is 9.98 Å². The number of imidazole rings is 1. The largest absolute Gasteiger partial charge is 0.493 e. The van der Waals surface area contributed by atoms with Crippen LogP contribution in [0.2, 0.25) is 0 Å². The minimum atomic E-state index is -0.596. The molecule has 0 bridgehead atoms. The number of rotatable bonds is 5. The fourth-order valence-corrected chi connectivity index (χ4v) is 4.95. The first-order chi connectivity index (χ1) is 16.9. The van der Waals surface area contributed by atoms with Crippen molar-refractivity contribution in [3.8, 4) is 11.5 Å². The van der Waals surface area contributed by atoms with Crippen LogP contribution >= 0.6 is 0 Å². The van der Waals surface area contributed by atoms with E-state index in [2.05, 4.69) is 11.4 Å². The number of hydrogen-bond acceptors (Lipinski definition) is 5. The van der Waals surface area contributed by atoms with Crippen LogP contribution in [-0.2, 0) is 4.79 Å². The van der Waals surface area contributed by atoms with Gasteiger partial charge >= 0.3 is 0 Å². The summed E-state index contributed by atoms with van der Waals surface area (Å²) in [5, 5.41) is 3.15. The van der Waals surface area contributed by atoms with E-state index in [0.29, 0.717) is 23.2 Å². The maximum atomic E-state index is 13.9. The third-order valence-corrected chi connectivity index (χ3v) is 6.57. The predicted octanol–water partition coefficient (Wildman–Crippen LogP) is 5.62. The van der Waals surface area contributed by atoms with Crippen LogP contribution in [0.5, 0.6) is 11.5 Å². The number of nitrogens with zero attached hydrogens (tertiary/aromatic N) is 3. The first-order valence-corrected chi connectivity index (χ1v) is 11.5. The normalized spacial score (nSPS) is 17.0. The lowest BCUT2D eigenvalue weighted by atomic mass is 9.86. The highest BCUT2D eigenvalue weighted by molar-refractivity contribution is 6.11. The first kappa shape index (κ1) is 22.7. The highest BCUT2D eigenvalue weighted by Crippen LogP contribution is 2.45. The minimum absolute atomic E-state index is 0.142. The van der Waals surface area contributed by atoms with Gasteiger partial charge in [0, 0.05) is 17.0 Å². The van der Waals surface area contributed by atoms with E-state index < -0.39 is 12.0 Å². The van der Waals surface area contributed by atoms with E-state index in [-0.39, 0.29) is 5.91 Å². The first-order valence-electron chi connectivity index (χ1n) is 11.5. The summed E-state index contributed by atoms with van der Waals surface area (Å²) in [4.78, 5) is 23.4. The average molecular weight is 469 g/mol. The van der Waals surface area contributed by atoms with Gasteiger partial charge in [0.2, 0.25) is 11.9 Å². The number of nitrogens with one attached hydrogen (secondary N) is 1. The smallest absolute Gasteiger partial charge is 0.235 e. The number of fused-ring (bicyclic) bond motifs is 3. The predicted molar refractivity (Wildman–Crippen MR) is 138 cm³/mol. The Kier molecular flexibility index (Phi) is 5.76. The van der Waals surface area contributed by atoms with Gasteiger partial charge < -0.3 is 14.8 Å². The van der Waals surface area contributed by atoms with E-state index in [4.69, 9.17) is 19.5 Å². The van der Waals surface area contributed by atoms with Crippen LogP contribution in [-0.4, -0.2) is 35.4 Å². The van der Waals surface area contributed by atoms with Crippen LogP contribution in [0.4, 0.5) is 11.6 Å². The molecule has 1 aliphatic heterocycles. The van der Waals surface area contributed by atoms with Gasteiger partial charge in [0.05, 0.1) is 31.3 Å². The van der Waals surface area contributed by atoms with Crippen molar-refractivity contribution in [2.75, 3.05) is 19.5 Å². The van der Waals surface area contributed by atoms with Gasteiger partial charge in [-0.1, -0.05) is 42.0 Å². The van der Waals surface area contributed by atoms with E-state index in [1.807, 2.05) is 79.9 Å². The van der Waals surface area contributed by atoms with Crippen molar-refractivity contribution in [2.24, 2.45) is 10.9 Å². The fraction of sp³-hybridized carbons (Fsp3) is 0.250. The molecule has 2 heterocycles. The van der Waals surface area contributed by atoms with Crippen LogP contribution in [0.15, 0.2) is 65.7 Å². The standard InChI is InChI=1S/C28H28N4O3/c1-16-13-14-20(17(2)15-16)30-27(33)24-18(3)29-28-31-21-10-6-7-11-22(21)32(28)25(24)19-9-8-12-23(34-4)26(19)35-5/h6-15,24-25H,1-5H3,(H,30,33). The summed E-state index contributed by atoms with van der Waals surface area (Å²) in [5.41, 5.74) is 6.17. The van der Waals surface area contributed by atoms with Gasteiger partial charge in [0.1, 0.15) is 5.92 Å². The summed E-state index contributed by atoms with van der Waals surface area (Å²) in [6.07, 6.45) is 0. The van der Waals surface area contributed by atoms with Crippen molar-refractivity contribution < 1.29 is 14.3 Å². The summed E-state index contributed by atoms with van der Waals surface area (Å²) in [6.45, 7) is 5.91. The zero-order chi connectivity index (χ0) is 24.7. The van der Waals surface area contributed by atoms with E-state index >= 15 is 0 Å². The number of ether oxygens (including phenoxy) is 2. The number of amides is 1. The maximum absolute atomic E-state index is 13.9. The Labute approximate surface area is 204 Å². The Balaban J connectivity index is 1.71. The molecule has 1 aliphatic rings. The topological polar surface area (TPSA) is 77.7 Å². The molecule has 0 saturated carbocycles. The lowest BCUT2D eigenvalue weighted by molar-refractivity contribution is -0.118. The molecule has 178 valence electrons. The van der Waals surface area contributed by atoms with Crippen molar-refractivity contribution in [2.45, 2.75) is 26.8 Å². The zero-order valence-corrected chi connectivity index (χ0v) is 20.5. The average Bonchev–Trinajstić information content (AvgIpc) is 3.22. The number of aryl methyl sites for hydroxylation is 2. The van der Waals surface area contributed by atoms with Gasteiger partial charge in [0.25, 0.3) is 0 Å². The molecule has 3 aromatic carbocycles. The number of carbonyl (C=O) groups is 1. The summed E-state index contributed by atoms with van der Waals surface area (Å²) in [7, 11) is 3.22. The monoisotopic (exact) mass is 468 g/mol. The molecule has 7 heteroatoms. The number of hydrogen-bond donors (Lipinski definition) is 1. The molecule has 2 atom stereocenters. The SMILES string of the molecule is COc1cccc(C2C(C(=O)Nc3ccc(C)cc3C)C(C)=Nc3nc4ccccc4n32)c1OC. The van der Waals surface area contributed by atoms with Crippen LogP contribution < -0.4 is 14.8 Å². The molecular formula is C28H28N4O3. The molecule has 1 N–H and O–H groups in total. The van der Waals surface area contributed by atoms with E-state index in [1.165, 1.54) is 0 Å². The molecule has 1 amide bonds. The van der Waals surface area contributed by atoms with Crippen molar-refractivity contribution >= 4 is 34.3 Å². The number of aliphatic imine (C=N–C) groups is 1. The number of para-hydroxylation sites is 3. The van der Waals surface area contributed by atoms with Crippen LogP contribution in [0.25, 0.3) is 11.0 Å². The van der Waals surface area contributed by atoms with Gasteiger partial charge in [-0.3, -0.25) is 9.36 Å². The molecule has 1 aromatic heterocycles. The molecule has 0 spiro atoms. The lowest BCUT2D eigenvalue weighted by Crippen LogP contribution is -2.39. The molecule has 0 aliphatic carbocycles. The Morgan fingerprint density at radius 2 is 1.77 bits per heavy atom.